The molecule has 0 aromatic carbocycles. The summed E-state index contributed by atoms with van der Waals surface area (Å²) in [5.41, 5.74) is 0. The Labute approximate surface area is 89.8 Å². The summed E-state index contributed by atoms with van der Waals surface area (Å²) in [6.07, 6.45) is 22.5. The van der Waals surface area contributed by atoms with Crippen LogP contribution >= 0.6 is 0 Å². The normalized spacial score (nSPS) is 25.1. The van der Waals surface area contributed by atoms with Gasteiger partial charge in [0.15, 0.2) is 0 Å². The Bertz CT molecular complexity index is 119. The van der Waals surface area contributed by atoms with Crippen molar-refractivity contribution in [3.63, 3.8) is 0 Å². The Morgan fingerprint density at radius 3 is 1.43 bits per heavy atom. The molecule has 0 aromatic heterocycles. The molecule has 1 aliphatic rings. The van der Waals surface area contributed by atoms with Gasteiger partial charge in [-0.25, -0.2) is 0 Å². The van der Waals surface area contributed by atoms with Crippen molar-refractivity contribution in [2.75, 3.05) is 0 Å². The third kappa shape index (κ3) is 7.17. The van der Waals surface area contributed by atoms with Crippen LogP contribution in [0, 0.1) is 6.42 Å². The van der Waals surface area contributed by atoms with Gasteiger partial charge in [-0.2, -0.15) is 0 Å². The Morgan fingerprint density at radius 2 is 0.857 bits per heavy atom. The highest BCUT2D eigenvalue weighted by Gasteiger charge is 1.93. The van der Waals surface area contributed by atoms with Gasteiger partial charge < -0.3 is 0 Å². The molecule has 0 heterocycles. The fourth-order valence-electron chi connectivity index (χ4n) is 2.01. The minimum atomic E-state index is 1.31. The third-order valence-electron chi connectivity index (χ3n) is 2.97. The van der Waals surface area contributed by atoms with Crippen molar-refractivity contribution in [2.45, 2.75) is 70.6 Å². The molecule has 0 aliphatic heterocycles. The first kappa shape index (κ1) is 11.8. The molecule has 0 spiro atoms. The zero-order chi connectivity index (χ0) is 9.90. The lowest BCUT2D eigenvalue weighted by Gasteiger charge is -2.02. The number of hydrogen-bond donors (Lipinski definition) is 0. The van der Waals surface area contributed by atoms with Gasteiger partial charge in [0, 0.05) is 0 Å². The van der Waals surface area contributed by atoms with Gasteiger partial charge in [-0.15, -0.1) is 0 Å². The molecule has 0 heteroatoms. The Hall–Kier alpha value is -0.260. The van der Waals surface area contributed by atoms with Gasteiger partial charge in [0.1, 0.15) is 0 Å². The van der Waals surface area contributed by atoms with Crippen LogP contribution in [-0.2, 0) is 0 Å². The van der Waals surface area contributed by atoms with Crippen LogP contribution in [0.5, 0.6) is 0 Å². The van der Waals surface area contributed by atoms with Crippen LogP contribution in [0.15, 0.2) is 12.2 Å². The smallest absolute Gasteiger partial charge is 0.0351 e. The van der Waals surface area contributed by atoms with Gasteiger partial charge in [-0.1, -0.05) is 57.1 Å². The van der Waals surface area contributed by atoms with E-state index >= 15 is 0 Å². The molecule has 0 saturated heterocycles. The molecule has 1 aliphatic carbocycles. The Balaban J connectivity index is 2.09. The maximum absolute atomic E-state index is 2.50. The van der Waals surface area contributed by atoms with Crippen molar-refractivity contribution in [3.8, 4) is 0 Å². The van der Waals surface area contributed by atoms with Crippen molar-refractivity contribution < 1.29 is 0 Å². The SMILES string of the molecule is [CH]1CCCCC/C=C/CCCCCC1. The first-order valence-corrected chi connectivity index (χ1v) is 6.47. The molecule has 0 bridgehead atoms. The topological polar surface area (TPSA) is 0 Å². The molecule has 0 atom stereocenters. The quantitative estimate of drug-likeness (QED) is 0.472. The predicted octanol–water partition coefficient (Wildman–Crippen LogP) is 5.05. The Kier molecular flexibility index (Phi) is 7.85. The summed E-state index contributed by atoms with van der Waals surface area (Å²) in [5.74, 6) is 0. The molecule has 14 heavy (non-hydrogen) atoms. The lowest BCUT2D eigenvalue weighted by atomic mass is 10.0. The molecule has 0 fully saturated rings. The largest absolute Gasteiger partial charge is 0.0885 e. The molecule has 0 unspecified atom stereocenters. The second kappa shape index (κ2) is 9.30. The molecule has 81 valence electrons. The minimum absolute atomic E-state index is 1.31. The number of rotatable bonds is 0. The van der Waals surface area contributed by atoms with Crippen molar-refractivity contribution in [1.29, 1.82) is 0 Å². The highest BCUT2D eigenvalue weighted by molar-refractivity contribution is 4.81. The van der Waals surface area contributed by atoms with Gasteiger partial charge in [-0.3, -0.25) is 0 Å². The van der Waals surface area contributed by atoms with Gasteiger partial charge in [0.2, 0.25) is 0 Å². The van der Waals surface area contributed by atoms with Crippen molar-refractivity contribution >= 4 is 0 Å². The van der Waals surface area contributed by atoms with E-state index in [0.717, 1.165) is 0 Å². The van der Waals surface area contributed by atoms with Crippen LogP contribution in [-0.4, -0.2) is 0 Å². The van der Waals surface area contributed by atoms with Crippen LogP contribution in [0.4, 0.5) is 0 Å². The van der Waals surface area contributed by atoms with Crippen molar-refractivity contribution in [3.05, 3.63) is 18.6 Å². The molecule has 1 radical (unpaired) electrons. The van der Waals surface area contributed by atoms with Crippen molar-refractivity contribution in [1.82, 2.24) is 0 Å². The minimum Gasteiger partial charge on any atom is -0.0885 e. The van der Waals surface area contributed by atoms with E-state index in [4.69, 9.17) is 0 Å². The number of allylic oxidation sites excluding steroid dienone is 2. The van der Waals surface area contributed by atoms with E-state index in [1.165, 1.54) is 70.6 Å². The highest BCUT2D eigenvalue weighted by Crippen LogP contribution is 2.12. The zero-order valence-electron chi connectivity index (χ0n) is 9.51. The molecule has 0 aromatic rings. The second-order valence-electron chi connectivity index (χ2n) is 4.39. The molecule has 0 amide bonds. The summed E-state index contributed by atoms with van der Waals surface area (Å²) in [6.45, 7) is 0. The van der Waals surface area contributed by atoms with E-state index in [-0.39, 0.29) is 0 Å². The predicted molar refractivity (Wildman–Crippen MR) is 64.2 cm³/mol. The molecule has 0 N–H and O–H groups in total. The van der Waals surface area contributed by atoms with Crippen LogP contribution in [0.2, 0.25) is 0 Å². The van der Waals surface area contributed by atoms with E-state index in [1.807, 2.05) is 0 Å². The lowest BCUT2D eigenvalue weighted by Crippen LogP contribution is -1.84. The molecule has 0 saturated carbocycles. The van der Waals surface area contributed by atoms with E-state index in [2.05, 4.69) is 18.6 Å². The fourth-order valence-corrected chi connectivity index (χ4v) is 2.01. The van der Waals surface area contributed by atoms with Crippen LogP contribution in [0.25, 0.3) is 0 Å². The summed E-state index contributed by atoms with van der Waals surface area (Å²) < 4.78 is 0. The monoisotopic (exact) mass is 193 g/mol. The third-order valence-corrected chi connectivity index (χ3v) is 2.97. The molecular formula is C14H25. The first-order chi connectivity index (χ1) is 7.00. The van der Waals surface area contributed by atoms with E-state index in [9.17, 15) is 0 Å². The average Bonchev–Trinajstić information content (AvgIpc) is 2.22. The average molecular weight is 193 g/mol. The van der Waals surface area contributed by atoms with Crippen LogP contribution < -0.4 is 0 Å². The zero-order valence-corrected chi connectivity index (χ0v) is 9.51. The fraction of sp³-hybridized carbons (Fsp3) is 0.786. The standard InChI is InChI=1S/C14H25/c1-2-4-6-8-10-12-14-13-11-9-7-5-3-1/h1-2,13H,3-12,14H2/b2-1+. The summed E-state index contributed by atoms with van der Waals surface area (Å²) in [6, 6.07) is 0. The van der Waals surface area contributed by atoms with E-state index < -0.39 is 0 Å². The molecule has 0 nitrogen and oxygen atoms in total. The summed E-state index contributed by atoms with van der Waals surface area (Å²) >= 11 is 0. The lowest BCUT2D eigenvalue weighted by molar-refractivity contribution is 0.612. The van der Waals surface area contributed by atoms with E-state index in [0.29, 0.717) is 0 Å². The Morgan fingerprint density at radius 1 is 0.429 bits per heavy atom. The first-order valence-electron chi connectivity index (χ1n) is 6.47. The summed E-state index contributed by atoms with van der Waals surface area (Å²) in [4.78, 5) is 0. The van der Waals surface area contributed by atoms with E-state index in [1.54, 1.807) is 0 Å². The molecule has 1 rings (SSSR count). The van der Waals surface area contributed by atoms with Crippen LogP contribution in [0.3, 0.4) is 0 Å². The molecular weight excluding hydrogens is 168 g/mol. The maximum atomic E-state index is 2.50. The van der Waals surface area contributed by atoms with Crippen molar-refractivity contribution in [2.24, 2.45) is 0 Å². The highest BCUT2D eigenvalue weighted by atomic mass is 14.0. The second-order valence-corrected chi connectivity index (χ2v) is 4.39. The van der Waals surface area contributed by atoms with Crippen LogP contribution in [0.1, 0.15) is 70.6 Å². The van der Waals surface area contributed by atoms with Gasteiger partial charge in [-0.05, 0) is 32.1 Å². The maximum Gasteiger partial charge on any atom is -0.0351 e. The summed E-state index contributed by atoms with van der Waals surface area (Å²) in [5, 5.41) is 0. The van der Waals surface area contributed by atoms with Gasteiger partial charge in [0.25, 0.3) is 0 Å². The summed E-state index contributed by atoms with van der Waals surface area (Å²) in [7, 11) is 0. The van der Waals surface area contributed by atoms with Gasteiger partial charge >= 0.3 is 0 Å². The number of hydrogen-bond acceptors (Lipinski definition) is 0. The van der Waals surface area contributed by atoms with Gasteiger partial charge in [0.05, 0.1) is 0 Å².